The number of hydrogen-bond acceptors (Lipinski definition) is 2. The lowest BCUT2D eigenvalue weighted by atomic mass is 10.0. The Bertz CT molecular complexity index is 592. The van der Waals surface area contributed by atoms with Gasteiger partial charge < -0.3 is 10.5 Å². The standard InChI is InChI=1S/C14H13NO2/c15-13(16)8-11-7-10-6-5-9-3-1-2-4-12(9)14(10)17-11/h1-6,11H,7-8H2,(H2,15,16). The molecular weight excluding hydrogens is 214 g/mol. The van der Waals surface area contributed by atoms with Crippen molar-refractivity contribution in [3.63, 3.8) is 0 Å². The van der Waals surface area contributed by atoms with E-state index in [0.717, 1.165) is 28.5 Å². The first-order valence-corrected chi connectivity index (χ1v) is 5.69. The first-order chi connectivity index (χ1) is 8.24. The molecule has 3 rings (SSSR count). The summed E-state index contributed by atoms with van der Waals surface area (Å²) in [5.41, 5.74) is 6.36. The summed E-state index contributed by atoms with van der Waals surface area (Å²) >= 11 is 0. The van der Waals surface area contributed by atoms with Crippen molar-refractivity contribution >= 4 is 16.7 Å². The number of rotatable bonds is 2. The molecule has 1 unspecified atom stereocenters. The van der Waals surface area contributed by atoms with Gasteiger partial charge in [0.1, 0.15) is 11.9 Å². The summed E-state index contributed by atoms with van der Waals surface area (Å²) in [5, 5.41) is 2.27. The third-order valence-electron chi connectivity index (χ3n) is 3.12. The van der Waals surface area contributed by atoms with E-state index >= 15 is 0 Å². The summed E-state index contributed by atoms with van der Waals surface area (Å²) in [6, 6.07) is 12.3. The van der Waals surface area contributed by atoms with Gasteiger partial charge in [0.15, 0.2) is 0 Å². The number of primary amides is 1. The molecule has 86 valence electrons. The number of carbonyl (C=O) groups is 1. The highest BCUT2D eigenvalue weighted by Gasteiger charge is 2.25. The Balaban J connectivity index is 2.02. The summed E-state index contributed by atoms with van der Waals surface area (Å²) in [6.07, 6.45) is 0.944. The summed E-state index contributed by atoms with van der Waals surface area (Å²) in [6.45, 7) is 0. The van der Waals surface area contributed by atoms with Gasteiger partial charge in [-0.1, -0.05) is 36.4 Å². The van der Waals surface area contributed by atoms with Gasteiger partial charge >= 0.3 is 0 Å². The first kappa shape index (κ1) is 10.1. The number of amides is 1. The lowest BCUT2D eigenvalue weighted by Crippen LogP contribution is -2.23. The quantitative estimate of drug-likeness (QED) is 0.853. The van der Waals surface area contributed by atoms with Gasteiger partial charge in [-0.3, -0.25) is 4.79 Å². The van der Waals surface area contributed by atoms with E-state index in [4.69, 9.17) is 10.5 Å². The van der Waals surface area contributed by atoms with Crippen LogP contribution in [0.15, 0.2) is 36.4 Å². The van der Waals surface area contributed by atoms with E-state index in [1.54, 1.807) is 0 Å². The fourth-order valence-electron chi connectivity index (χ4n) is 2.38. The first-order valence-electron chi connectivity index (χ1n) is 5.69. The van der Waals surface area contributed by atoms with Crippen molar-refractivity contribution in [1.29, 1.82) is 0 Å². The third-order valence-corrected chi connectivity index (χ3v) is 3.12. The Labute approximate surface area is 99.2 Å². The van der Waals surface area contributed by atoms with Crippen LogP contribution in [0.1, 0.15) is 12.0 Å². The molecule has 1 amide bonds. The van der Waals surface area contributed by atoms with Crippen molar-refractivity contribution < 1.29 is 9.53 Å². The molecule has 1 heterocycles. The fourth-order valence-corrected chi connectivity index (χ4v) is 2.38. The SMILES string of the molecule is NC(=O)CC1Cc2ccc3ccccc3c2O1. The smallest absolute Gasteiger partial charge is 0.221 e. The van der Waals surface area contributed by atoms with E-state index in [0.29, 0.717) is 0 Å². The number of ether oxygens (including phenoxy) is 1. The van der Waals surface area contributed by atoms with Gasteiger partial charge in [0.25, 0.3) is 0 Å². The van der Waals surface area contributed by atoms with E-state index in [1.165, 1.54) is 0 Å². The Kier molecular flexibility index (Phi) is 2.25. The second kappa shape index (κ2) is 3.77. The molecule has 2 aromatic rings. The van der Waals surface area contributed by atoms with Crippen molar-refractivity contribution in [2.45, 2.75) is 18.9 Å². The summed E-state index contributed by atoms with van der Waals surface area (Å²) < 4.78 is 5.83. The molecule has 1 aliphatic rings. The third kappa shape index (κ3) is 1.73. The number of fused-ring (bicyclic) bond motifs is 3. The van der Waals surface area contributed by atoms with Gasteiger partial charge in [-0.2, -0.15) is 0 Å². The van der Waals surface area contributed by atoms with Gasteiger partial charge in [0.05, 0.1) is 6.42 Å². The van der Waals surface area contributed by atoms with Crippen molar-refractivity contribution in [2.24, 2.45) is 5.73 Å². The molecule has 0 saturated heterocycles. The molecule has 2 aromatic carbocycles. The van der Waals surface area contributed by atoms with E-state index in [2.05, 4.69) is 18.2 Å². The van der Waals surface area contributed by atoms with Crippen LogP contribution in [0.3, 0.4) is 0 Å². The topological polar surface area (TPSA) is 52.3 Å². The van der Waals surface area contributed by atoms with Crippen LogP contribution < -0.4 is 10.5 Å². The van der Waals surface area contributed by atoms with Gasteiger partial charge in [-0.15, -0.1) is 0 Å². The molecule has 2 N–H and O–H groups in total. The van der Waals surface area contributed by atoms with E-state index < -0.39 is 0 Å². The lowest BCUT2D eigenvalue weighted by molar-refractivity contribution is -0.119. The molecule has 0 aliphatic carbocycles. The summed E-state index contributed by atoms with van der Waals surface area (Å²) in [7, 11) is 0. The average molecular weight is 227 g/mol. The minimum Gasteiger partial charge on any atom is -0.489 e. The normalized spacial score (nSPS) is 17.8. The predicted molar refractivity (Wildman–Crippen MR) is 65.9 cm³/mol. The maximum Gasteiger partial charge on any atom is 0.221 e. The molecule has 0 bridgehead atoms. The van der Waals surface area contributed by atoms with E-state index in [9.17, 15) is 4.79 Å². The Morgan fingerprint density at radius 2 is 2.12 bits per heavy atom. The summed E-state index contributed by atoms with van der Waals surface area (Å²) in [5.74, 6) is 0.599. The minimum atomic E-state index is -0.313. The van der Waals surface area contributed by atoms with E-state index in [-0.39, 0.29) is 18.4 Å². The van der Waals surface area contributed by atoms with Crippen LogP contribution in [0, 0.1) is 0 Å². The molecule has 0 spiro atoms. The van der Waals surface area contributed by atoms with Gasteiger partial charge in [0, 0.05) is 11.8 Å². The van der Waals surface area contributed by atoms with Crippen molar-refractivity contribution in [2.75, 3.05) is 0 Å². The van der Waals surface area contributed by atoms with Gasteiger partial charge in [-0.25, -0.2) is 0 Å². The highest BCUT2D eigenvalue weighted by Crippen LogP contribution is 2.36. The number of hydrogen-bond donors (Lipinski definition) is 1. The zero-order valence-corrected chi connectivity index (χ0v) is 9.35. The van der Waals surface area contributed by atoms with Crippen molar-refractivity contribution in [1.82, 2.24) is 0 Å². The molecule has 1 atom stereocenters. The van der Waals surface area contributed by atoms with Crippen molar-refractivity contribution in [3.8, 4) is 5.75 Å². The van der Waals surface area contributed by atoms with Gasteiger partial charge in [0.2, 0.25) is 5.91 Å². The molecule has 0 saturated carbocycles. The van der Waals surface area contributed by atoms with Crippen LogP contribution in [0.2, 0.25) is 0 Å². The second-order valence-electron chi connectivity index (χ2n) is 4.39. The molecule has 0 radical (unpaired) electrons. The molecule has 3 heteroatoms. The fraction of sp³-hybridized carbons (Fsp3) is 0.214. The number of carbonyl (C=O) groups excluding carboxylic acids is 1. The van der Waals surface area contributed by atoms with Crippen LogP contribution in [-0.4, -0.2) is 12.0 Å². The number of benzene rings is 2. The zero-order valence-electron chi connectivity index (χ0n) is 9.35. The molecule has 3 nitrogen and oxygen atoms in total. The monoisotopic (exact) mass is 227 g/mol. The molecule has 0 aromatic heterocycles. The molecule has 1 aliphatic heterocycles. The molecule has 0 fully saturated rings. The molecular formula is C14H13NO2. The second-order valence-corrected chi connectivity index (χ2v) is 4.39. The largest absolute Gasteiger partial charge is 0.489 e. The highest BCUT2D eigenvalue weighted by atomic mass is 16.5. The Morgan fingerprint density at radius 1 is 1.29 bits per heavy atom. The van der Waals surface area contributed by atoms with Crippen LogP contribution in [0.25, 0.3) is 10.8 Å². The lowest BCUT2D eigenvalue weighted by Gasteiger charge is -2.09. The van der Waals surface area contributed by atoms with Gasteiger partial charge in [-0.05, 0) is 10.9 Å². The zero-order chi connectivity index (χ0) is 11.8. The minimum absolute atomic E-state index is 0.103. The average Bonchev–Trinajstić information content (AvgIpc) is 2.70. The maximum atomic E-state index is 10.9. The van der Waals surface area contributed by atoms with Crippen LogP contribution >= 0.6 is 0 Å². The maximum absolute atomic E-state index is 10.9. The predicted octanol–water partition coefficient (Wildman–Crippen LogP) is 2.02. The van der Waals surface area contributed by atoms with Crippen LogP contribution in [0.4, 0.5) is 0 Å². The number of nitrogens with two attached hydrogens (primary N) is 1. The van der Waals surface area contributed by atoms with Crippen LogP contribution in [-0.2, 0) is 11.2 Å². The highest BCUT2D eigenvalue weighted by molar-refractivity contribution is 5.90. The Hall–Kier alpha value is -2.03. The van der Waals surface area contributed by atoms with E-state index in [1.807, 2.05) is 18.2 Å². The molecule has 17 heavy (non-hydrogen) atoms. The van der Waals surface area contributed by atoms with Crippen LogP contribution in [0.5, 0.6) is 5.75 Å². The Morgan fingerprint density at radius 3 is 2.94 bits per heavy atom. The van der Waals surface area contributed by atoms with Crippen molar-refractivity contribution in [3.05, 3.63) is 42.0 Å². The summed E-state index contributed by atoms with van der Waals surface area (Å²) in [4.78, 5) is 10.9.